The molecule has 3 rings (SSSR count). The smallest absolute Gasteiger partial charge is 0.349 e. The molecule has 138 valence electrons. The van der Waals surface area contributed by atoms with Crippen molar-refractivity contribution < 1.29 is 22.8 Å². The van der Waals surface area contributed by atoms with Crippen LogP contribution in [0.2, 0.25) is 0 Å². The second-order valence-corrected chi connectivity index (χ2v) is 6.10. The van der Waals surface area contributed by atoms with Crippen LogP contribution >= 0.6 is 0 Å². The molecular weight excluding hydrogens is 349 g/mol. The van der Waals surface area contributed by atoms with Gasteiger partial charge in [-0.1, -0.05) is 18.2 Å². The number of hydrogen-bond donors (Lipinski definition) is 1. The highest BCUT2D eigenvalue weighted by molar-refractivity contribution is 5.82. The third-order valence-corrected chi connectivity index (χ3v) is 4.13. The van der Waals surface area contributed by atoms with E-state index < -0.39 is 17.8 Å². The van der Waals surface area contributed by atoms with E-state index in [1.54, 1.807) is 18.5 Å². The number of halogens is 3. The van der Waals surface area contributed by atoms with Gasteiger partial charge in [0.15, 0.2) is 0 Å². The summed E-state index contributed by atoms with van der Waals surface area (Å²) in [6.45, 7) is 0.0600. The minimum Gasteiger partial charge on any atom is -0.349 e. The topological polar surface area (TPSA) is 67.2 Å². The van der Waals surface area contributed by atoms with Crippen molar-refractivity contribution in [1.29, 1.82) is 0 Å². The Hall–Kier alpha value is -2.84. The van der Waals surface area contributed by atoms with Gasteiger partial charge in [-0.2, -0.15) is 18.3 Å². The maximum absolute atomic E-state index is 13.1. The third kappa shape index (κ3) is 4.22. The largest absolute Gasteiger partial charge is 0.416 e. The summed E-state index contributed by atoms with van der Waals surface area (Å²) in [5, 5.41) is 6.64. The molecule has 26 heavy (non-hydrogen) atoms. The highest BCUT2D eigenvalue weighted by Gasteiger charge is 2.35. The zero-order chi connectivity index (χ0) is 18.7. The monoisotopic (exact) mass is 366 g/mol. The summed E-state index contributed by atoms with van der Waals surface area (Å²) in [6, 6.07) is 6.44. The highest BCUT2D eigenvalue weighted by atomic mass is 19.4. The Bertz CT molecular complexity index is 790. The molecule has 2 aromatic rings. The Kier molecular flexibility index (Phi) is 4.97. The van der Waals surface area contributed by atoms with Crippen molar-refractivity contribution in [3.63, 3.8) is 0 Å². The molecule has 9 heteroatoms. The first-order chi connectivity index (χ1) is 12.3. The van der Waals surface area contributed by atoms with E-state index in [9.17, 15) is 22.8 Å². The van der Waals surface area contributed by atoms with Crippen LogP contribution in [0.4, 0.5) is 13.2 Å². The molecule has 1 aromatic carbocycles. The predicted molar refractivity (Wildman–Crippen MR) is 85.6 cm³/mol. The summed E-state index contributed by atoms with van der Waals surface area (Å²) < 4.78 is 40.7. The molecular formula is C17H17F3N4O2. The van der Waals surface area contributed by atoms with Crippen molar-refractivity contribution in [2.24, 2.45) is 0 Å². The Labute approximate surface area is 147 Å². The van der Waals surface area contributed by atoms with Gasteiger partial charge in [0.05, 0.1) is 11.6 Å². The predicted octanol–water partition coefficient (Wildman–Crippen LogP) is 1.82. The standard InChI is InChI=1S/C17H17F3N4O2/c18-17(19,20)14-5-2-1-4-12(14)9-23-10-13(8-16(23)26)22-15(25)11-24-7-3-6-21-24/h1-7,13H,8-11H2,(H,22,25). The van der Waals surface area contributed by atoms with Gasteiger partial charge in [-0.25, -0.2) is 0 Å². The maximum Gasteiger partial charge on any atom is 0.416 e. The zero-order valence-corrected chi connectivity index (χ0v) is 13.7. The molecule has 1 saturated heterocycles. The molecule has 0 radical (unpaired) electrons. The molecule has 1 N–H and O–H groups in total. The summed E-state index contributed by atoms with van der Waals surface area (Å²) in [5.74, 6) is -0.588. The molecule has 0 spiro atoms. The lowest BCUT2D eigenvalue weighted by atomic mass is 10.1. The maximum atomic E-state index is 13.1. The molecule has 1 aliphatic rings. The molecule has 1 unspecified atom stereocenters. The number of carbonyl (C=O) groups excluding carboxylic acids is 2. The second-order valence-electron chi connectivity index (χ2n) is 6.10. The van der Waals surface area contributed by atoms with Gasteiger partial charge < -0.3 is 10.2 Å². The van der Waals surface area contributed by atoms with Crippen LogP contribution in [-0.4, -0.2) is 39.1 Å². The Balaban J connectivity index is 1.61. The molecule has 0 bridgehead atoms. The van der Waals surface area contributed by atoms with Gasteiger partial charge in [0, 0.05) is 31.9 Å². The fourth-order valence-electron chi connectivity index (χ4n) is 2.98. The number of alkyl halides is 3. The minimum absolute atomic E-state index is 0.0224. The number of nitrogens with one attached hydrogen (secondary N) is 1. The number of hydrogen-bond acceptors (Lipinski definition) is 3. The first-order valence-corrected chi connectivity index (χ1v) is 8.02. The molecule has 0 aliphatic carbocycles. The number of carbonyl (C=O) groups is 2. The van der Waals surface area contributed by atoms with Gasteiger partial charge in [-0.05, 0) is 17.7 Å². The fraction of sp³-hybridized carbons (Fsp3) is 0.353. The van der Waals surface area contributed by atoms with Gasteiger partial charge in [-0.3, -0.25) is 14.3 Å². The van der Waals surface area contributed by atoms with E-state index in [0.717, 1.165) is 6.07 Å². The quantitative estimate of drug-likeness (QED) is 0.878. The van der Waals surface area contributed by atoms with E-state index in [4.69, 9.17) is 0 Å². The molecule has 6 nitrogen and oxygen atoms in total. The van der Waals surface area contributed by atoms with E-state index in [1.807, 2.05) is 0 Å². The molecule has 2 heterocycles. The zero-order valence-electron chi connectivity index (χ0n) is 13.7. The molecule has 1 aliphatic heterocycles. The number of benzene rings is 1. The van der Waals surface area contributed by atoms with Crippen LogP contribution in [0.3, 0.4) is 0 Å². The van der Waals surface area contributed by atoms with Crippen LogP contribution in [0.25, 0.3) is 0 Å². The van der Waals surface area contributed by atoms with Crippen molar-refractivity contribution in [2.45, 2.75) is 31.7 Å². The minimum atomic E-state index is -4.48. The van der Waals surface area contributed by atoms with Crippen LogP contribution in [-0.2, 0) is 28.9 Å². The SMILES string of the molecule is O=C(Cn1cccn1)NC1CC(=O)N(Cc2ccccc2C(F)(F)F)C1. The van der Waals surface area contributed by atoms with Crippen LogP contribution in [0.15, 0.2) is 42.7 Å². The lowest BCUT2D eigenvalue weighted by Gasteiger charge is -2.20. The first-order valence-electron chi connectivity index (χ1n) is 8.02. The molecule has 0 saturated carbocycles. The Morgan fingerprint density at radius 1 is 1.27 bits per heavy atom. The number of amides is 2. The van der Waals surface area contributed by atoms with Crippen LogP contribution < -0.4 is 5.32 Å². The summed E-state index contributed by atoms with van der Waals surface area (Å²) >= 11 is 0. The van der Waals surface area contributed by atoms with Crippen molar-refractivity contribution in [3.05, 3.63) is 53.9 Å². The molecule has 1 aromatic heterocycles. The van der Waals surface area contributed by atoms with Crippen molar-refractivity contribution in [1.82, 2.24) is 20.0 Å². The Morgan fingerprint density at radius 3 is 2.73 bits per heavy atom. The normalized spacial score (nSPS) is 17.6. The van der Waals surface area contributed by atoms with Gasteiger partial charge in [0.2, 0.25) is 11.8 Å². The lowest BCUT2D eigenvalue weighted by Crippen LogP contribution is -2.39. The highest BCUT2D eigenvalue weighted by Crippen LogP contribution is 2.32. The molecule has 1 atom stereocenters. The molecule has 1 fully saturated rings. The first kappa shape index (κ1) is 18.0. The lowest BCUT2D eigenvalue weighted by molar-refractivity contribution is -0.139. The van der Waals surface area contributed by atoms with Crippen LogP contribution in [0.1, 0.15) is 17.5 Å². The van der Waals surface area contributed by atoms with E-state index in [1.165, 1.54) is 27.8 Å². The van der Waals surface area contributed by atoms with E-state index in [-0.39, 0.29) is 43.4 Å². The number of aromatic nitrogens is 2. The van der Waals surface area contributed by atoms with Gasteiger partial charge in [-0.15, -0.1) is 0 Å². The number of likely N-dealkylation sites (tertiary alicyclic amines) is 1. The number of nitrogens with zero attached hydrogens (tertiary/aromatic N) is 3. The summed E-state index contributed by atoms with van der Waals surface area (Å²) in [6.07, 6.45) is -1.22. The summed E-state index contributed by atoms with van der Waals surface area (Å²) in [4.78, 5) is 25.4. The summed E-state index contributed by atoms with van der Waals surface area (Å²) in [7, 11) is 0. The van der Waals surface area contributed by atoms with Gasteiger partial charge in [0.1, 0.15) is 6.54 Å². The van der Waals surface area contributed by atoms with Gasteiger partial charge >= 0.3 is 6.18 Å². The number of rotatable bonds is 5. The van der Waals surface area contributed by atoms with E-state index in [2.05, 4.69) is 10.4 Å². The fourth-order valence-corrected chi connectivity index (χ4v) is 2.98. The average Bonchev–Trinajstić information content (AvgIpc) is 3.17. The van der Waals surface area contributed by atoms with Crippen molar-refractivity contribution in [3.8, 4) is 0 Å². The van der Waals surface area contributed by atoms with E-state index in [0.29, 0.717) is 0 Å². The van der Waals surface area contributed by atoms with Crippen molar-refractivity contribution >= 4 is 11.8 Å². The van der Waals surface area contributed by atoms with E-state index >= 15 is 0 Å². The Morgan fingerprint density at radius 2 is 2.04 bits per heavy atom. The van der Waals surface area contributed by atoms with Crippen LogP contribution in [0, 0.1) is 0 Å². The third-order valence-electron chi connectivity index (χ3n) is 4.13. The van der Waals surface area contributed by atoms with Gasteiger partial charge in [0.25, 0.3) is 0 Å². The average molecular weight is 366 g/mol. The second kappa shape index (κ2) is 7.19. The summed E-state index contributed by atoms with van der Waals surface area (Å²) in [5.41, 5.74) is -0.712. The van der Waals surface area contributed by atoms with Crippen LogP contribution in [0.5, 0.6) is 0 Å². The molecule has 2 amide bonds. The van der Waals surface area contributed by atoms with Crippen molar-refractivity contribution in [2.75, 3.05) is 6.54 Å².